The van der Waals surface area contributed by atoms with Gasteiger partial charge in [-0.1, -0.05) is 24.3 Å². The molecular formula is C17H14N4O2S2. The minimum atomic E-state index is -3.76. The zero-order valence-electron chi connectivity index (χ0n) is 13.2. The maximum absolute atomic E-state index is 13.0. The fourth-order valence-electron chi connectivity index (χ4n) is 2.74. The molecule has 126 valence electrons. The molecule has 0 aliphatic carbocycles. The molecule has 0 saturated carbocycles. The van der Waals surface area contributed by atoms with Crippen LogP contribution in [-0.4, -0.2) is 23.6 Å². The highest BCUT2D eigenvalue weighted by atomic mass is 32.2. The molecule has 0 spiro atoms. The Morgan fingerprint density at radius 1 is 1.12 bits per heavy atom. The molecule has 25 heavy (non-hydrogen) atoms. The van der Waals surface area contributed by atoms with E-state index in [9.17, 15) is 8.42 Å². The topological polar surface area (TPSA) is 87.7 Å². The van der Waals surface area contributed by atoms with Crippen LogP contribution in [0.25, 0.3) is 21.5 Å². The van der Waals surface area contributed by atoms with Crippen molar-refractivity contribution in [2.24, 2.45) is 0 Å². The number of hydrogen-bond acceptors (Lipinski definition) is 5. The molecule has 1 aromatic carbocycles. The number of hydrogen-bond donors (Lipinski definition) is 2. The molecule has 3 heterocycles. The maximum Gasteiger partial charge on any atom is 0.263 e. The molecule has 6 nitrogen and oxygen atoms in total. The smallest absolute Gasteiger partial charge is 0.263 e. The summed E-state index contributed by atoms with van der Waals surface area (Å²) in [5.41, 5.74) is 1.51. The lowest BCUT2D eigenvalue weighted by molar-refractivity contribution is 0.602. The zero-order valence-corrected chi connectivity index (χ0v) is 14.9. The van der Waals surface area contributed by atoms with E-state index in [0.29, 0.717) is 22.0 Å². The van der Waals surface area contributed by atoms with Crippen LogP contribution < -0.4 is 4.72 Å². The SMILES string of the molecule is Cc1sc2ccccc2c1S(=O)(=O)Nc1cn[nH]c1-c1ccccn1. The standard InChI is InChI=1S/C17H14N4O2S2/c1-11-17(12-6-2-3-8-15(12)24-11)25(22,23)21-14-10-19-20-16(14)13-7-4-5-9-18-13/h2-10,21H,1H3,(H,19,20). The number of anilines is 1. The quantitative estimate of drug-likeness (QED) is 0.572. The van der Waals surface area contributed by atoms with E-state index in [-0.39, 0.29) is 0 Å². The van der Waals surface area contributed by atoms with Gasteiger partial charge in [-0.2, -0.15) is 5.10 Å². The number of rotatable bonds is 4. The Balaban J connectivity index is 1.79. The van der Waals surface area contributed by atoms with Gasteiger partial charge in [0, 0.05) is 21.2 Å². The second kappa shape index (κ2) is 5.98. The van der Waals surface area contributed by atoms with Gasteiger partial charge in [0.2, 0.25) is 0 Å². The monoisotopic (exact) mass is 370 g/mol. The van der Waals surface area contributed by atoms with E-state index < -0.39 is 10.0 Å². The van der Waals surface area contributed by atoms with Crippen LogP contribution >= 0.6 is 11.3 Å². The van der Waals surface area contributed by atoms with Crippen molar-refractivity contribution in [3.63, 3.8) is 0 Å². The molecule has 0 atom stereocenters. The molecular weight excluding hydrogens is 356 g/mol. The lowest BCUT2D eigenvalue weighted by Gasteiger charge is -2.08. The highest BCUT2D eigenvalue weighted by molar-refractivity contribution is 7.93. The Bertz CT molecular complexity index is 1150. The molecule has 0 aliphatic rings. The van der Waals surface area contributed by atoms with Gasteiger partial charge in [-0.3, -0.25) is 14.8 Å². The van der Waals surface area contributed by atoms with Crippen molar-refractivity contribution in [3.8, 4) is 11.4 Å². The Kier molecular flexibility index (Phi) is 3.78. The lowest BCUT2D eigenvalue weighted by Crippen LogP contribution is -2.13. The van der Waals surface area contributed by atoms with Crippen LogP contribution in [0, 0.1) is 6.92 Å². The van der Waals surface area contributed by atoms with Gasteiger partial charge in [-0.15, -0.1) is 11.3 Å². The predicted molar refractivity (Wildman–Crippen MR) is 99.2 cm³/mol. The van der Waals surface area contributed by atoms with Gasteiger partial charge in [0.05, 0.1) is 17.6 Å². The Morgan fingerprint density at radius 3 is 2.72 bits per heavy atom. The number of pyridine rings is 1. The van der Waals surface area contributed by atoms with E-state index in [2.05, 4.69) is 19.9 Å². The highest BCUT2D eigenvalue weighted by Crippen LogP contribution is 2.35. The number of sulfonamides is 1. The summed E-state index contributed by atoms with van der Waals surface area (Å²) in [4.78, 5) is 5.29. The van der Waals surface area contributed by atoms with Crippen LogP contribution in [0.2, 0.25) is 0 Å². The van der Waals surface area contributed by atoms with Crippen LogP contribution in [0.3, 0.4) is 0 Å². The molecule has 0 unspecified atom stereocenters. The van der Waals surface area contributed by atoms with Gasteiger partial charge in [0.1, 0.15) is 10.6 Å². The third-order valence-electron chi connectivity index (χ3n) is 3.79. The second-order valence-corrected chi connectivity index (χ2v) is 8.34. The lowest BCUT2D eigenvalue weighted by atomic mass is 10.2. The summed E-state index contributed by atoms with van der Waals surface area (Å²) in [5.74, 6) is 0. The van der Waals surface area contributed by atoms with Crippen LogP contribution in [0.5, 0.6) is 0 Å². The third-order valence-corrected chi connectivity index (χ3v) is 6.56. The van der Waals surface area contributed by atoms with Gasteiger partial charge in [0.25, 0.3) is 10.0 Å². The largest absolute Gasteiger partial charge is 0.276 e. The molecule has 3 aromatic heterocycles. The minimum absolute atomic E-state index is 0.307. The zero-order chi connectivity index (χ0) is 17.4. The number of thiophene rings is 1. The summed E-state index contributed by atoms with van der Waals surface area (Å²) in [7, 11) is -3.76. The molecule has 0 amide bonds. The summed E-state index contributed by atoms with van der Waals surface area (Å²) in [6.45, 7) is 1.81. The van der Waals surface area contributed by atoms with E-state index in [1.165, 1.54) is 17.5 Å². The van der Waals surface area contributed by atoms with Gasteiger partial charge >= 0.3 is 0 Å². The average Bonchev–Trinajstić information content (AvgIpc) is 3.18. The van der Waals surface area contributed by atoms with Crippen LogP contribution in [0.15, 0.2) is 59.8 Å². The van der Waals surface area contributed by atoms with Crippen molar-refractivity contribution in [2.45, 2.75) is 11.8 Å². The first-order chi connectivity index (χ1) is 12.1. The third kappa shape index (κ3) is 2.79. The van der Waals surface area contributed by atoms with E-state index >= 15 is 0 Å². The summed E-state index contributed by atoms with van der Waals surface area (Å²) in [6.07, 6.45) is 3.09. The molecule has 0 radical (unpaired) electrons. The van der Waals surface area contributed by atoms with Gasteiger partial charge < -0.3 is 0 Å². The first-order valence-corrected chi connectivity index (χ1v) is 9.82. The predicted octanol–water partition coefficient (Wildman–Crippen LogP) is 3.80. The maximum atomic E-state index is 13.0. The second-order valence-electron chi connectivity index (χ2n) is 5.46. The summed E-state index contributed by atoms with van der Waals surface area (Å²) in [6, 6.07) is 12.9. The van der Waals surface area contributed by atoms with Crippen molar-refractivity contribution in [1.82, 2.24) is 15.2 Å². The van der Waals surface area contributed by atoms with Crippen molar-refractivity contribution in [1.29, 1.82) is 0 Å². The van der Waals surface area contributed by atoms with Crippen LogP contribution in [0.4, 0.5) is 5.69 Å². The van der Waals surface area contributed by atoms with Crippen LogP contribution in [0.1, 0.15) is 4.88 Å². The number of aromatic amines is 1. The highest BCUT2D eigenvalue weighted by Gasteiger charge is 2.24. The van der Waals surface area contributed by atoms with E-state index in [1.807, 2.05) is 37.3 Å². The van der Waals surface area contributed by atoms with E-state index in [0.717, 1.165) is 15.0 Å². The number of aromatic nitrogens is 3. The molecule has 4 aromatic rings. The van der Waals surface area contributed by atoms with Crippen LogP contribution in [-0.2, 0) is 10.0 Å². The normalized spacial score (nSPS) is 11.7. The fraction of sp³-hybridized carbons (Fsp3) is 0.0588. The number of nitrogens with zero attached hydrogens (tertiary/aromatic N) is 2. The first-order valence-electron chi connectivity index (χ1n) is 7.52. The van der Waals surface area contributed by atoms with Crippen molar-refractivity contribution >= 4 is 37.1 Å². The summed E-state index contributed by atoms with van der Waals surface area (Å²) < 4.78 is 29.6. The number of fused-ring (bicyclic) bond motifs is 1. The van der Waals surface area contributed by atoms with Gasteiger partial charge in [-0.05, 0) is 25.1 Å². The first kappa shape index (κ1) is 15.8. The molecule has 8 heteroatoms. The number of H-pyrrole nitrogens is 1. The molecule has 0 bridgehead atoms. The average molecular weight is 370 g/mol. The molecule has 2 N–H and O–H groups in total. The molecule has 4 rings (SSSR count). The van der Waals surface area contributed by atoms with E-state index in [4.69, 9.17) is 0 Å². The fourth-order valence-corrected chi connectivity index (χ4v) is 5.61. The molecule has 0 aliphatic heterocycles. The van der Waals surface area contributed by atoms with Crippen molar-refractivity contribution in [2.75, 3.05) is 4.72 Å². The van der Waals surface area contributed by atoms with Crippen molar-refractivity contribution in [3.05, 3.63) is 59.7 Å². The number of benzene rings is 1. The van der Waals surface area contributed by atoms with E-state index in [1.54, 1.807) is 18.3 Å². The Labute approximate surface area is 148 Å². The Morgan fingerprint density at radius 2 is 1.92 bits per heavy atom. The molecule has 0 fully saturated rings. The minimum Gasteiger partial charge on any atom is -0.276 e. The number of aryl methyl sites for hydroxylation is 1. The van der Waals surface area contributed by atoms with Gasteiger partial charge in [0.15, 0.2) is 0 Å². The summed E-state index contributed by atoms with van der Waals surface area (Å²) >= 11 is 1.46. The van der Waals surface area contributed by atoms with Gasteiger partial charge in [-0.25, -0.2) is 8.42 Å². The van der Waals surface area contributed by atoms with Crippen molar-refractivity contribution < 1.29 is 8.42 Å². The number of nitrogens with one attached hydrogen (secondary N) is 2. The summed E-state index contributed by atoms with van der Waals surface area (Å²) in [5, 5.41) is 7.49. The Hall–Kier alpha value is -2.71. The molecule has 0 saturated heterocycles.